The highest BCUT2D eigenvalue weighted by Gasteiger charge is 2.19. The highest BCUT2D eigenvalue weighted by molar-refractivity contribution is 6.34. The number of fused-ring (bicyclic) bond motifs is 1. The Morgan fingerprint density at radius 1 is 0.974 bits per heavy atom. The first-order chi connectivity index (χ1) is 18.6. The molecule has 2 aromatic carbocycles. The van der Waals surface area contributed by atoms with Crippen LogP contribution in [0.3, 0.4) is 0 Å². The average Bonchev–Trinajstić information content (AvgIpc) is 3.25. The molecule has 0 fully saturated rings. The lowest BCUT2D eigenvalue weighted by molar-refractivity contribution is 0.485. The second kappa shape index (κ2) is 10.2. The number of hydrogen-bond donors (Lipinski definition) is 2. The Balaban J connectivity index is 1.64. The van der Waals surface area contributed by atoms with Crippen LogP contribution in [0.4, 0.5) is 30.6 Å². The molecule has 0 unspecified atom stereocenters. The number of nitrogens with zero attached hydrogens (tertiary/aromatic N) is 7. The Kier molecular flexibility index (Phi) is 6.78. The van der Waals surface area contributed by atoms with Gasteiger partial charge in [-0.1, -0.05) is 11.6 Å². The summed E-state index contributed by atoms with van der Waals surface area (Å²) in [6.07, 6.45) is 3.17. The summed E-state index contributed by atoms with van der Waals surface area (Å²) < 4.78 is 45.3. The van der Waals surface area contributed by atoms with Crippen LogP contribution in [0.15, 0.2) is 52.3 Å². The van der Waals surface area contributed by atoms with Crippen LogP contribution in [-0.2, 0) is 20.1 Å². The first-order valence-electron chi connectivity index (χ1n) is 11.4. The summed E-state index contributed by atoms with van der Waals surface area (Å²) in [5.74, 6) is -3.52. The van der Waals surface area contributed by atoms with Crippen molar-refractivity contribution in [3.63, 3.8) is 0 Å². The van der Waals surface area contributed by atoms with E-state index in [2.05, 4.69) is 30.7 Å². The lowest BCUT2D eigenvalue weighted by Gasteiger charge is -2.16. The number of benzene rings is 2. The van der Waals surface area contributed by atoms with Crippen molar-refractivity contribution in [1.82, 2.24) is 33.9 Å². The lowest BCUT2D eigenvalue weighted by atomic mass is 10.2. The summed E-state index contributed by atoms with van der Waals surface area (Å²) in [7, 11) is 3.36. The summed E-state index contributed by atoms with van der Waals surface area (Å²) in [5.41, 5.74) is -1.37. The smallest absolute Gasteiger partial charge is 0.355 e. The van der Waals surface area contributed by atoms with Crippen molar-refractivity contribution in [3.05, 3.63) is 97.6 Å². The van der Waals surface area contributed by atoms with Crippen LogP contribution in [0.2, 0.25) is 5.02 Å². The highest BCUT2D eigenvalue weighted by Crippen LogP contribution is 2.29. The van der Waals surface area contributed by atoms with E-state index in [1.165, 1.54) is 6.20 Å². The molecule has 15 heteroatoms. The van der Waals surface area contributed by atoms with Gasteiger partial charge in [0.2, 0.25) is 5.95 Å². The number of hydrogen-bond acceptors (Lipinski definition) is 8. The quantitative estimate of drug-likeness (QED) is 0.293. The Bertz CT molecular complexity index is 1850. The van der Waals surface area contributed by atoms with Crippen LogP contribution in [0.1, 0.15) is 11.4 Å². The number of aryl methyl sites for hydroxylation is 1. The molecule has 39 heavy (non-hydrogen) atoms. The van der Waals surface area contributed by atoms with Gasteiger partial charge in [-0.05, 0) is 24.3 Å². The van der Waals surface area contributed by atoms with Gasteiger partial charge in [0.1, 0.15) is 11.6 Å². The molecule has 5 rings (SSSR count). The summed E-state index contributed by atoms with van der Waals surface area (Å²) in [4.78, 5) is 38.8. The van der Waals surface area contributed by atoms with Gasteiger partial charge in [-0.3, -0.25) is 9.25 Å². The molecule has 0 aliphatic carbocycles. The minimum Gasteiger partial charge on any atom is -0.373 e. The number of anilines is 3. The third-order valence-corrected chi connectivity index (χ3v) is 6.10. The van der Waals surface area contributed by atoms with Crippen LogP contribution >= 0.6 is 11.6 Å². The highest BCUT2D eigenvalue weighted by atomic mass is 35.5. The number of nitrogens with one attached hydrogen (secondary N) is 2. The van der Waals surface area contributed by atoms with Crippen LogP contribution in [0.25, 0.3) is 10.9 Å². The zero-order valence-electron chi connectivity index (χ0n) is 20.4. The largest absolute Gasteiger partial charge is 0.373 e. The van der Waals surface area contributed by atoms with E-state index >= 15 is 0 Å². The SMILES string of the molecule is CNc1ccnc(Cn2c(=O)nc(Nc3cc4cn(C)nc4cc3Cl)n(Cc3cc(F)c(F)cc3F)c2=O)n1. The normalized spacial score (nSPS) is 11.2. The maximum atomic E-state index is 14.6. The number of aromatic nitrogens is 7. The van der Waals surface area contributed by atoms with Gasteiger partial charge in [0.05, 0.1) is 29.3 Å². The second-order valence-corrected chi connectivity index (χ2v) is 8.86. The van der Waals surface area contributed by atoms with Gasteiger partial charge in [0.15, 0.2) is 17.5 Å². The van der Waals surface area contributed by atoms with Crippen LogP contribution in [0, 0.1) is 17.5 Å². The predicted molar refractivity (Wildman–Crippen MR) is 138 cm³/mol. The molecule has 0 saturated carbocycles. The maximum absolute atomic E-state index is 14.6. The second-order valence-electron chi connectivity index (χ2n) is 8.46. The summed E-state index contributed by atoms with van der Waals surface area (Å²) >= 11 is 6.40. The third-order valence-electron chi connectivity index (χ3n) is 5.78. The minimum atomic E-state index is -1.39. The molecule has 5 aromatic rings. The van der Waals surface area contributed by atoms with Crippen molar-refractivity contribution in [2.75, 3.05) is 17.7 Å². The van der Waals surface area contributed by atoms with Crippen molar-refractivity contribution < 1.29 is 13.2 Å². The van der Waals surface area contributed by atoms with Crippen molar-refractivity contribution in [2.45, 2.75) is 13.1 Å². The maximum Gasteiger partial charge on any atom is 0.355 e. The van der Waals surface area contributed by atoms with E-state index in [0.29, 0.717) is 28.9 Å². The van der Waals surface area contributed by atoms with E-state index in [0.717, 1.165) is 9.13 Å². The standard InChI is InChI=1S/C24H19ClF3N9O2/c1-29-20-3-4-30-21(32-20)11-37-23(38)33-22(31-19-6-13-9-35(2)34-18(13)7-14(19)25)36(24(37)39)10-12-5-16(27)17(28)8-15(12)26/h3-9H,10-11H2,1-2H3,(H,29,30,32)(H,31,33,38). The van der Waals surface area contributed by atoms with Gasteiger partial charge >= 0.3 is 11.4 Å². The third kappa shape index (κ3) is 5.18. The fraction of sp³-hybridized carbons (Fsp3) is 0.167. The Morgan fingerprint density at radius 3 is 2.51 bits per heavy atom. The van der Waals surface area contributed by atoms with Gasteiger partial charge in [0.25, 0.3) is 0 Å². The molecule has 2 N–H and O–H groups in total. The van der Waals surface area contributed by atoms with E-state index in [-0.39, 0.29) is 34.6 Å². The molecule has 0 saturated heterocycles. The van der Waals surface area contributed by atoms with Crippen LogP contribution in [-0.4, -0.2) is 40.9 Å². The lowest BCUT2D eigenvalue weighted by Crippen LogP contribution is -2.43. The fourth-order valence-electron chi connectivity index (χ4n) is 3.90. The molecule has 11 nitrogen and oxygen atoms in total. The average molecular weight is 558 g/mol. The molecule has 0 aliphatic heterocycles. The first-order valence-corrected chi connectivity index (χ1v) is 11.8. The molecule has 0 atom stereocenters. The van der Waals surface area contributed by atoms with Crippen LogP contribution < -0.4 is 22.0 Å². The molecule has 0 bridgehead atoms. The first kappa shape index (κ1) is 25.9. The van der Waals surface area contributed by atoms with E-state index in [9.17, 15) is 22.8 Å². The van der Waals surface area contributed by atoms with Gasteiger partial charge in [-0.2, -0.15) is 10.1 Å². The van der Waals surface area contributed by atoms with E-state index in [4.69, 9.17) is 11.6 Å². The molecule has 0 amide bonds. The molecular weight excluding hydrogens is 539 g/mol. The zero-order chi connectivity index (χ0) is 27.8. The van der Waals surface area contributed by atoms with Crippen molar-refractivity contribution in [3.8, 4) is 0 Å². The van der Waals surface area contributed by atoms with E-state index < -0.39 is 35.4 Å². The zero-order valence-corrected chi connectivity index (χ0v) is 21.2. The molecule has 0 aliphatic rings. The van der Waals surface area contributed by atoms with Crippen LogP contribution in [0.5, 0.6) is 0 Å². The fourth-order valence-corrected chi connectivity index (χ4v) is 4.10. The number of rotatable bonds is 7. The topological polar surface area (TPSA) is 125 Å². The summed E-state index contributed by atoms with van der Waals surface area (Å²) in [6.45, 7) is -0.954. The van der Waals surface area contributed by atoms with Crippen molar-refractivity contribution in [2.24, 2.45) is 7.05 Å². The van der Waals surface area contributed by atoms with E-state index in [1.807, 2.05) is 0 Å². The number of halogens is 4. The van der Waals surface area contributed by atoms with Gasteiger partial charge in [-0.25, -0.2) is 37.3 Å². The van der Waals surface area contributed by atoms with E-state index in [1.54, 1.807) is 43.2 Å². The molecule has 3 heterocycles. The molecule has 0 spiro atoms. The Hall–Kier alpha value is -4.72. The van der Waals surface area contributed by atoms with Gasteiger partial charge in [-0.15, -0.1) is 0 Å². The van der Waals surface area contributed by atoms with Crippen molar-refractivity contribution >= 4 is 40.0 Å². The predicted octanol–water partition coefficient (Wildman–Crippen LogP) is 3.03. The molecule has 3 aromatic heterocycles. The summed E-state index contributed by atoms with van der Waals surface area (Å²) in [6, 6.07) is 5.79. The van der Waals surface area contributed by atoms with Gasteiger partial charge < -0.3 is 10.6 Å². The summed E-state index contributed by atoms with van der Waals surface area (Å²) in [5, 5.41) is 10.8. The Morgan fingerprint density at radius 2 is 1.74 bits per heavy atom. The van der Waals surface area contributed by atoms with Crippen molar-refractivity contribution in [1.29, 1.82) is 0 Å². The molecular formula is C24H19ClF3N9O2. The Labute approximate surface area is 222 Å². The minimum absolute atomic E-state index is 0.124. The molecule has 200 valence electrons. The molecule has 0 radical (unpaired) electrons. The van der Waals surface area contributed by atoms with Gasteiger partial charge in [0, 0.05) is 43.5 Å². The monoisotopic (exact) mass is 557 g/mol.